The molecule has 1 aliphatic rings. The molecule has 0 radical (unpaired) electrons. The molecule has 0 spiro atoms. The van der Waals surface area contributed by atoms with E-state index in [4.69, 9.17) is 0 Å². The van der Waals surface area contributed by atoms with Gasteiger partial charge in [0.05, 0.1) is 10.5 Å². The van der Waals surface area contributed by atoms with Gasteiger partial charge >= 0.3 is 6.18 Å². The fraction of sp³-hybridized carbons (Fsp3) is 0.407. The Balaban J connectivity index is 1.73. The molecule has 1 saturated heterocycles. The summed E-state index contributed by atoms with van der Waals surface area (Å²) in [5.74, 6) is -0.807. The van der Waals surface area contributed by atoms with Crippen LogP contribution in [-0.2, 0) is 27.5 Å². The number of carbonyl (C=O) groups is 2. The number of piperidine rings is 1. The lowest BCUT2D eigenvalue weighted by molar-refractivity contribution is -0.137. The lowest BCUT2D eigenvalue weighted by Gasteiger charge is -2.53. The maximum Gasteiger partial charge on any atom is 0.416 e. The summed E-state index contributed by atoms with van der Waals surface area (Å²) in [7, 11) is -3.97. The maximum absolute atomic E-state index is 13.7. The van der Waals surface area contributed by atoms with E-state index in [0.29, 0.717) is 18.4 Å². The number of sulfonamides is 1. The Kier molecular flexibility index (Phi) is 8.14. The van der Waals surface area contributed by atoms with Gasteiger partial charge in [0.25, 0.3) is 5.91 Å². The van der Waals surface area contributed by atoms with E-state index in [-0.39, 0.29) is 29.0 Å². The third kappa shape index (κ3) is 6.44. The van der Waals surface area contributed by atoms with E-state index >= 15 is 0 Å². The summed E-state index contributed by atoms with van der Waals surface area (Å²) in [5.41, 5.74) is -1.72. The predicted octanol–water partition coefficient (Wildman–Crippen LogP) is 4.65. The Hall–Kier alpha value is -3.18. The molecule has 7 nitrogen and oxygen atoms in total. The summed E-state index contributed by atoms with van der Waals surface area (Å²) in [6, 6.07) is 9.74. The average Bonchev–Trinajstić information content (AvgIpc) is 2.80. The molecule has 0 saturated carbocycles. The van der Waals surface area contributed by atoms with Crippen molar-refractivity contribution in [3.05, 3.63) is 77.9 Å². The largest absolute Gasteiger partial charge is 0.416 e. The molecule has 11 heteroatoms. The van der Waals surface area contributed by atoms with Crippen LogP contribution in [0.5, 0.6) is 0 Å². The van der Waals surface area contributed by atoms with Crippen LogP contribution < -0.4 is 10.6 Å². The molecule has 2 amide bonds. The van der Waals surface area contributed by atoms with Gasteiger partial charge in [-0.1, -0.05) is 18.7 Å². The molecule has 0 bridgehead atoms. The Morgan fingerprint density at radius 3 is 2.00 bits per heavy atom. The Bertz CT molecular complexity index is 1280. The van der Waals surface area contributed by atoms with Crippen molar-refractivity contribution in [2.45, 2.75) is 75.3 Å². The van der Waals surface area contributed by atoms with Crippen LogP contribution >= 0.6 is 0 Å². The number of hydrogen-bond acceptors (Lipinski definition) is 4. The molecule has 1 aliphatic heterocycles. The second-order valence-corrected chi connectivity index (χ2v) is 12.4. The lowest BCUT2D eigenvalue weighted by atomic mass is 9.79. The van der Waals surface area contributed by atoms with E-state index in [0.717, 1.165) is 12.1 Å². The highest BCUT2D eigenvalue weighted by Crippen LogP contribution is 2.42. The van der Waals surface area contributed by atoms with E-state index in [9.17, 15) is 31.2 Å². The van der Waals surface area contributed by atoms with E-state index < -0.39 is 38.7 Å². The van der Waals surface area contributed by atoms with Crippen molar-refractivity contribution >= 4 is 21.8 Å². The van der Waals surface area contributed by atoms with Gasteiger partial charge in [-0.15, -0.1) is 0 Å². The van der Waals surface area contributed by atoms with Crippen LogP contribution in [0.25, 0.3) is 0 Å². The number of rotatable bonds is 7. The number of amides is 2. The summed E-state index contributed by atoms with van der Waals surface area (Å²) >= 11 is 0. The number of nitrogens with zero attached hydrogens (tertiary/aromatic N) is 1. The molecule has 0 atom stereocenters. The van der Waals surface area contributed by atoms with Crippen LogP contribution in [0, 0.1) is 0 Å². The molecule has 38 heavy (non-hydrogen) atoms. The number of benzene rings is 2. The monoisotopic (exact) mass is 551 g/mol. The first kappa shape index (κ1) is 29.4. The van der Waals surface area contributed by atoms with Crippen molar-refractivity contribution in [1.29, 1.82) is 0 Å². The third-order valence-electron chi connectivity index (χ3n) is 6.51. The highest BCUT2D eigenvalue weighted by molar-refractivity contribution is 7.89. The first-order chi connectivity index (χ1) is 17.5. The third-order valence-corrected chi connectivity index (χ3v) is 8.85. The molecule has 0 unspecified atom stereocenters. The lowest BCUT2D eigenvalue weighted by Crippen LogP contribution is -2.65. The summed E-state index contributed by atoms with van der Waals surface area (Å²) < 4.78 is 67.1. The summed E-state index contributed by atoms with van der Waals surface area (Å²) in [5, 5.41) is 5.50. The standard InChI is InChI=1S/C27H32F3N3O4S/c1-6-23(34)32-21-15-25(2,3)33(26(4,5)16-21)38(36,37)22-13-9-19(10-14-22)24(35)31-17-18-7-11-20(12-8-18)27(28,29)30/h6-14,21H,1,15-17H2,2-5H3,(H,31,35)(H,32,34). The average molecular weight is 552 g/mol. The van der Waals surface area contributed by atoms with Crippen LogP contribution in [0.4, 0.5) is 13.2 Å². The Morgan fingerprint density at radius 2 is 1.53 bits per heavy atom. The molecular weight excluding hydrogens is 519 g/mol. The molecule has 2 N–H and O–H groups in total. The second-order valence-electron chi connectivity index (χ2n) is 10.6. The van der Waals surface area contributed by atoms with Gasteiger partial charge in [0.2, 0.25) is 15.9 Å². The molecule has 2 aromatic rings. The van der Waals surface area contributed by atoms with Crippen LogP contribution in [0.2, 0.25) is 0 Å². The van der Waals surface area contributed by atoms with Gasteiger partial charge in [-0.25, -0.2) is 8.42 Å². The molecule has 1 heterocycles. The topological polar surface area (TPSA) is 95.6 Å². The highest BCUT2D eigenvalue weighted by Gasteiger charge is 2.51. The smallest absolute Gasteiger partial charge is 0.350 e. The van der Waals surface area contributed by atoms with Gasteiger partial charge in [0, 0.05) is 29.2 Å². The van der Waals surface area contributed by atoms with Crippen LogP contribution in [0.15, 0.2) is 66.1 Å². The predicted molar refractivity (Wildman–Crippen MR) is 138 cm³/mol. The van der Waals surface area contributed by atoms with Gasteiger partial charge < -0.3 is 10.6 Å². The van der Waals surface area contributed by atoms with Crippen LogP contribution in [-0.4, -0.2) is 41.7 Å². The molecule has 0 aliphatic carbocycles. The highest BCUT2D eigenvalue weighted by atomic mass is 32.2. The van der Waals surface area contributed by atoms with Crippen molar-refractivity contribution in [2.75, 3.05) is 0 Å². The number of carbonyl (C=O) groups excluding carboxylic acids is 2. The molecular formula is C27H32F3N3O4S. The van der Waals surface area contributed by atoms with Crippen molar-refractivity contribution in [1.82, 2.24) is 14.9 Å². The Labute approximate surface area is 221 Å². The minimum atomic E-state index is -4.44. The molecule has 2 aromatic carbocycles. The van der Waals surface area contributed by atoms with E-state index in [1.807, 2.05) is 27.7 Å². The number of nitrogens with one attached hydrogen (secondary N) is 2. The van der Waals surface area contributed by atoms with E-state index in [2.05, 4.69) is 17.2 Å². The van der Waals surface area contributed by atoms with Crippen molar-refractivity contribution < 1.29 is 31.2 Å². The fourth-order valence-corrected chi connectivity index (χ4v) is 7.40. The van der Waals surface area contributed by atoms with Gasteiger partial charge in [0.15, 0.2) is 0 Å². The van der Waals surface area contributed by atoms with Crippen molar-refractivity contribution in [2.24, 2.45) is 0 Å². The van der Waals surface area contributed by atoms with E-state index in [1.165, 1.54) is 46.8 Å². The zero-order valence-electron chi connectivity index (χ0n) is 21.7. The first-order valence-electron chi connectivity index (χ1n) is 12.0. The van der Waals surface area contributed by atoms with Crippen molar-refractivity contribution in [3.63, 3.8) is 0 Å². The maximum atomic E-state index is 13.7. The van der Waals surface area contributed by atoms with Crippen LogP contribution in [0.3, 0.4) is 0 Å². The van der Waals surface area contributed by atoms with Gasteiger partial charge in [-0.2, -0.15) is 17.5 Å². The number of alkyl halides is 3. The molecule has 206 valence electrons. The SMILES string of the molecule is C=CC(=O)NC1CC(C)(C)N(S(=O)(=O)c2ccc(C(=O)NCc3ccc(C(F)(F)F)cc3)cc2)C(C)(C)C1. The van der Waals surface area contributed by atoms with Gasteiger partial charge in [-0.05, 0) is 88.6 Å². The fourth-order valence-electron chi connectivity index (χ4n) is 5.26. The van der Waals surface area contributed by atoms with Crippen molar-refractivity contribution in [3.8, 4) is 0 Å². The minimum Gasteiger partial charge on any atom is -0.350 e. The Morgan fingerprint density at radius 1 is 1.00 bits per heavy atom. The van der Waals surface area contributed by atoms with Gasteiger partial charge in [-0.3, -0.25) is 9.59 Å². The van der Waals surface area contributed by atoms with Crippen LogP contribution in [0.1, 0.15) is 62.0 Å². The summed E-state index contributed by atoms with van der Waals surface area (Å²) in [4.78, 5) is 24.4. The zero-order chi connectivity index (χ0) is 28.5. The normalized spacial score (nSPS) is 18.0. The van der Waals surface area contributed by atoms with E-state index in [1.54, 1.807) is 0 Å². The molecule has 0 aromatic heterocycles. The quantitative estimate of drug-likeness (QED) is 0.490. The minimum absolute atomic E-state index is 0.0107. The first-order valence-corrected chi connectivity index (χ1v) is 13.4. The molecule has 1 fully saturated rings. The number of halogens is 3. The number of hydrogen-bond donors (Lipinski definition) is 2. The van der Waals surface area contributed by atoms with Gasteiger partial charge in [0.1, 0.15) is 0 Å². The zero-order valence-corrected chi connectivity index (χ0v) is 22.5. The molecule has 3 rings (SSSR count). The summed E-state index contributed by atoms with van der Waals surface area (Å²) in [6.07, 6.45) is -2.45. The summed E-state index contributed by atoms with van der Waals surface area (Å²) in [6.45, 7) is 10.7. The second kappa shape index (κ2) is 10.5.